The molecule has 0 radical (unpaired) electrons. The molecule has 2 N–H and O–H groups in total. The maximum Gasteiger partial charge on any atom is 0.251 e. The Morgan fingerprint density at radius 2 is 2.15 bits per heavy atom. The summed E-state index contributed by atoms with van der Waals surface area (Å²) < 4.78 is 23.0. The summed E-state index contributed by atoms with van der Waals surface area (Å²) in [6.45, 7) is 0.0638. The van der Waals surface area contributed by atoms with Gasteiger partial charge in [-0.25, -0.2) is 8.42 Å². The summed E-state index contributed by atoms with van der Waals surface area (Å²) in [4.78, 5) is 12.3. The van der Waals surface area contributed by atoms with Crippen molar-refractivity contribution in [1.29, 1.82) is 0 Å². The van der Waals surface area contributed by atoms with Crippen LogP contribution < -0.4 is 5.32 Å². The minimum absolute atomic E-state index is 0.0330. The summed E-state index contributed by atoms with van der Waals surface area (Å²) in [5.41, 5.74) is 0.330. The quantitative estimate of drug-likeness (QED) is 0.868. The van der Waals surface area contributed by atoms with Crippen molar-refractivity contribution in [3.8, 4) is 0 Å². The highest BCUT2D eigenvalue weighted by molar-refractivity contribution is 7.90. The number of aliphatic hydroxyl groups excluding tert-OH is 1. The number of benzene rings is 1. The molecule has 1 fully saturated rings. The number of amides is 1. The van der Waals surface area contributed by atoms with Crippen molar-refractivity contribution in [1.82, 2.24) is 5.32 Å². The molecular formula is C14H19NO4S. The van der Waals surface area contributed by atoms with Crippen LogP contribution in [0, 0.1) is 5.92 Å². The summed E-state index contributed by atoms with van der Waals surface area (Å²) >= 11 is 0. The smallest absolute Gasteiger partial charge is 0.251 e. The van der Waals surface area contributed by atoms with Gasteiger partial charge < -0.3 is 10.4 Å². The lowest BCUT2D eigenvalue weighted by atomic mass is 10.0. The largest absolute Gasteiger partial charge is 0.396 e. The van der Waals surface area contributed by atoms with Crippen LogP contribution in [-0.2, 0) is 9.84 Å². The number of carbonyl (C=O) groups is 1. The number of aliphatic hydroxyl groups is 1. The molecule has 110 valence electrons. The lowest BCUT2D eigenvalue weighted by Crippen LogP contribution is -2.38. The molecule has 1 saturated carbocycles. The molecule has 2 unspecified atom stereocenters. The first kappa shape index (κ1) is 15.0. The molecule has 20 heavy (non-hydrogen) atoms. The minimum Gasteiger partial charge on any atom is -0.396 e. The molecule has 0 saturated heterocycles. The van der Waals surface area contributed by atoms with Crippen molar-refractivity contribution in [3.63, 3.8) is 0 Å². The SMILES string of the molecule is CS(=O)(=O)c1cccc(C(=O)NC2CCCC2CO)c1. The highest BCUT2D eigenvalue weighted by Gasteiger charge is 2.28. The Morgan fingerprint density at radius 3 is 2.80 bits per heavy atom. The Labute approximate surface area is 118 Å². The lowest BCUT2D eigenvalue weighted by Gasteiger charge is -2.19. The van der Waals surface area contributed by atoms with E-state index < -0.39 is 9.84 Å². The first-order chi connectivity index (χ1) is 9.41. The Hall–Kier alpha value is -1.40. The Bertz CT molecular complexity index is 597. The predicted molar refractivity (Wildman–Crippen MR) is 75.2 cm³/mol. The van der Waals surface area contributed by atoms with Gasteiger partial charge in [0.05, 0.1) is 4.90 Å². The second kappa shape index (κ2) is 5.93. The number of nitrogens with one attached hydrogen (secondary N) is 1. The van der Waals surface area contributed by atoms with E-state index in [0.29, 0.717) is 5.56 Å². The summed E-state index contributed by atoms with van der Waals surface area (Å²) in [6, 6.07) is 5.97. The molecule has 5 nitrogen and oxygen atoms in total. The minimum atomic E-state index is -3.32. The zero-order valence-electron chi connectivity index (χ0n) is 11.4. The van der Waals surface area contributed by atoms with Gasteiger partial charge in [0.2, 0.25) is 0 Å². The molecule has 1 amide bonds. The van der Waals surface area contributed by atoms with Gasteiger partial charge in [-0.3, -0.25) is 4.79 Å². The van der Waals surface area contributed by atoms with E-state index in [4.69, 9.17) is 0 Å². The fourth-order valence-electron chi connectivity index (χ4n) is 2.57. The molecule has 0 aliphatic heterocycles. The summed E-state index contributed by atoms with van der Waals surface area (Å²) in [5, 5.41) is 12.1. The molecule has 2 atom stereocenters. The monoisotopic (exact) mass is 297 g/mol. The zero-order valence-corrected chi connectivity index (χ0v) is 12.2. The van der Waals surface area contributed by atoms with E-state index in [1.807, 2.05) is 0 Å². The van der Waals surface area contributed by atoms with Crippen molar-refractivity contribution < 1.29 is 18.3 Å². The molecular weight excluding hydrogens is 278 g/mol. The second-order valence-corrected chi connectivity index (χ2v) is 7.27. The lowest BCUT2D eigenvalue weighted by molar-refractivity contribution is 0.0916. The Balaban J connectivity index is 2.14. The molecule has 1 aromatic rings. The van der Waals surface area contributed by atoms with Gasteiger partial charge in [-0.05, 0) is 31.0 Å². The van der Waals surface area contributed by atoms with Crippen LogP contribution in [0.25, 0.3) is 0 Å². The highest BCUT2D eigenvalue weighted by atomic mass is 32.2. The number of rotatable bonds is 4. The standard InChI is InChI=1S/C14H19NO4S/c1-20(18,19)12-6-2-4-10(8-12)14(17)15-13-7-3-5-11(13)9-16/h2,4,6,8,11,13,16H,3,5,7,9H2,1H3,(H,15,17). The van der Waals surface area contributed by atoms with Gasteiger partial charge >= 0.3 is 0 Å². The van der Waals surface area contributed by atoms with Crippen LogP contribution in [0.5, 0.6) is 0 Å². The van der Waals surface area contributed by atoms with Gasteiger partial charge in [0, 0.05) is 30.4 Å². The number of sulfone groups is 1. The van der Waals surface area contributed by atoms with E-state index >= 15 is 0 Å². The van der Waals surface area contributed by atoms with E-state index in [2.05, 4.69) is 5.32 Å². The predicted octanol–water partition coefficient (Wildman–Crippen LogP) is 0.981. The molecule has 0 aromatic heterocycles. The van der Waals surface area contributed by atoms with E-state index in [1.54, 1.807) is 12.1 Å². The van der Waals surface area contributed by atoms with Gasteiger partial charge in [-0.15, -0.1) is 0 Å². The topological polar surface area (TPSA) is 83.5 Å². The van der Waals surface area contributed by atoms with Crippen LogP contribution in [0.1, 0.15) is 29.6 Å². The van der Waals surface area contributed by atoms with E-state index in [-0.39, 0.29) is 29.4 Å². The molecule has 0 bridgehead atoms. The third-order valence-corrected chi connectivity index (χ3v) is 4.84. The van der Waals surface area contributed by atoms with Gasteiger partial charge in [0.1, 0.15) is 0 Å². The molecule has 0 heterocycles. The Morgan fingerprint density at radius 1 is 1.40 bits per heavy atom. The third-order valence-electron chi connectivity index (χ3n) is 3.73. The van der Waals surface area contributed by atoms with Gasteiger partial charge in [0.25, 0.3) is 5.91 Å². The fourth-order valence-corrected chi connectivity index (χ4v) is 3.23. The van der Waals surface area contributed by atoms with Crippen LogP contribution in [0.3, 0.4) is 0 Å². The van der Waals surface area contributed by atoms with Gasteiger partial charge in [-0.1, -0.05) is 12.5 Å². The van der Waals surface area contributed by atoms with Crippen molar-refractivity contribution in [2.45, 2.75) is 30.2 Å². The molecule has 6 heteroatoms. The van der Waals surface area contributed by atoms with E-state index in [9.17, 15) is 18.3 Å². The van der Waals surface area contributed by atoms with Crippen molar-refractivity contribution in [2.24, 2.45) is 5.92 Å². The van der Waals surface area contributed by atoms with Crippen LogP contribution in [-0.4, -0.2) is 38.3 Å². The maximum atomic E-state index is 12.2. The van der Waals surface area contributed by atoms with Gasteiger partial charge in [-0.2, -0.15) is 0 Å². The normalized spacial score (nSPS) is 22.7. The number of carbonyl (C=O) groups excluding carboxylic acids is 1. The van der Waals surface area contributed by atoms with Crippen LogP contribution in [0.4, 0.5) is 0 Å². The zero-order chi connectivity index (χ0) is 14.8. The fraction of sp³-hybridized carbons (Fsp3) is 0.500. The Kier molecular flexibility index (Phi) is 4.45. The van der Waals surface area contributed by atoms with E-state index in [1.165, 1.54) is 12.1 Å². The highest BCUT2D eigenvalue weighted by Crippen LogP contribution is 2.25. The van der Waals surface area contributed by atoms with Crippen molar-refractivity contribution in [2.75, 3.05) is 12.9 Å². The average Bonchev–Trinajstić information content (AvgIpc) is 2.85. The summed E-state index contributed by atoms with van der Waals surface area (Å²) in [5.74, 6) is -0.196. The van der Waals surface area contributed by atoms with E-state index in [0.717, 1.165) is 25.5 Å². The van der Waals surface area contributed by atoms with Crippen LogP contribution >= 0.6 is 0 Å². The summed E-state index contributed by atoms with van der Waals surface area (Å²) in [7, 11) is -3.32. The second-order valence-electron chi connectivity index (χ2n) is 5.25. The molecule has 1 aliphatic carbocycles. The number of hydrogen-bond acceptors (Lipinski definition) is 4. The molecule has 1 aliphatic rings. The summed E-state index contributed by atoms with van der Waals surface area (Å²) in [6.07, 6.45) is 3.86. The maximum absolute atomic E-state index is 12.2. The van der Waals surface area contributed by atoms with Crippen LogP contribution in [0.15, 0.2) is 29.2 Å². The average molecular weight is 297 g/mol. The first-order valence-corrected chi connectivity index (χ1v) is 8.53. The number of hydrogen-bond donors (Lipinski definition) is 2. The molecule has 1 aromatic carbocycles. The first-order valence-electron chi connectivity index (χ1n) is 6.63. The molecule has 2 rings (SSSR count). The van der Waals surface area contributed by atoms with Crippen LogP contribution in [0.2, 0.25) is 0 Å². The van der Waals surface area contributed by atoms with Crippen molar-refractivity contribution >= 4 is 15.7 Å². The van der Waals surface area contributed by atoms with Gasteiger partial charge in [0.15, 0.2) is 9.84 Å². The third kappa shape index (κ3) is 3.37. The van der Waals surface area contributed by atoms with Crippen molar-refractivity contribution in [3.05, 3.63) is 29.8 Å². The molecule has 0 spiro atoms.